The van der Waals surface area contributed by atoms with Gasteiger partial charge in [0.05, 0.1) is 23.5 Å². The predicted octanol–water partition coefficient (Wildman–Crippen LogP) is 5.24. The van der Waals surface area contributed by atoms with Crippen LogP contribution in [0.4, 0.5) is 0 Å². The number of aromatic nitrogens is 1. The fourth-order valence-electron chi connectivity index (χ4n) is 8.73. The first-order valence-electron chi connectivity index (χ1n) is 17.0. The molecule has 3 atom stereocenters. The fraction of sp³-hybridized carbons (Fsp3) is 0.556. The van der Waals surface area contributed by atoms with Crippen molar-refractivity contribution in [3.63, 3.8) is 0 Å². The number of likely N-dealkylation sites (tertiary alicyclic amines) is 1. The van der Waals surface area contributed by atoms with Crippen LogP contribution in [-0.2, 0) is 21.4 Å². The summed E-state index contributed by atoms with van der Waals surface area (Å²) in [5, 5.41) is 0.618. The molecule has 3 aliphatic carbocycles. The van der Waals surface area contributed by atoms with Crippen LogP contribution in [0.15, 0.2) is 36.4 Å². The summed E-state index contributed by atoms with van der Waals surface area (Å²) in [4.78, 5) is 32.3. The first-order chi connectivity index (χ1) is 22.1. The van der Waals surface area contributed by atoms with Crippen LogP contribution in [0.1, 0.15) is 91.1 Å². The SMILES string of the molecule is COc1ccc2c(c1)C1C[C@@]1(C(=O)N1CC[C@H](N(C)C)C1)Cn1c-2c(C2CCCCC2)c2ccc(C(=O)NS(=O)(=O)C3CC3)cc21. The molecule has 46 heavy (non-hydrogen) atoms. The maximum Gasteiger partial charge on any atom is 0.264 e. The second-order valence-corrected chi connectivity index (χ2v) is 16.6. The fourth-order valence-corrected chi connectivity index (χ4v) is 10.0. The molecule has 2 amide bonds. The van der Waals surface area contributed by atoms with Crippen molar-refractivity contribution in [1.29, 1.82) is 0 Å². The van der Waals surface area contributed by atoms with Gasteiger partial charge >= 0.3 is 0 Å². The van der Waals surface area contributed by atoms with Crippen LogP contribution in [0, 0.1) is 5.41 Å². The Hall–Kier alpha value is -3.37. The van der Waals surface area contributed by atoms with Crippen molar-refractivity contribution in [2.75, 3.05) is 34.3 Å². The largest absolute Gasteiger partial charge is 0.497 e. The summed E-state index contributed by atoms with van der Waals surface area (Å²) in [7, 11) is 2.17. The zero-order valence-electron chi connectivity index (χ0n) is 27.0. The normalized spacial score (nSPS) is 26.0. The van der Waals surface area contributed by atoms with Gasteiger partial charge in [-0.3, -0.25) is 9.59 Å². The standard InChI is InChI=1S/C36H44N4O5S/c1-38(2)24-15-16-39(20-24)35(42)36-19-30(36)29-18-25(45-3)10-14-27(29)33-32(22-7-5-4-6-8-22)28-13-9-23(17-31(28)40(33)21-36)34(41)37-46(43,44)26-11-12-26/h9-10,13-14,17-18,22,24,26,30H,4-8,11-12,15-16,19-21H2,1-3H3,(H,37,41)/t24-,30?,36+/m0/s1. The molecule has 5 aliphatic rings. The monoisotopic (exact) mass is 644 g/mol. The van der Waals surface area contributed by atoms with Crippen molar-refractivity contribution in [1.82, 2.24) is 19.1 Å². The molecule has 1 aromatic heterocycles. The molecule has 3 heterocycles. The van der Waals surface area contributed by atoms with Gasteiger partial charge in [-0.1, -0.05) is 25.3 Å². The second-order valence-electron chi connectivity index (χ2n) is 14.6. The summed E-state index contributed by atoms with van der Waals surface area (Å²) >= 11 is 0. The highest BCUT2D eigenvalue weighted by molar-refractivity contribution is 7.91. The number of amides is 2. The van der Waals surface area contributed by atoms with Gasteiger partial charge < -0.3 is 19.1 Å². The molecule has 1 saturated heterocycles. The van der Waals surface area contributed by atoms with Crippen LogP contribution in [0.2, 0.25) is 0 Å². The Morgan fingerprint density at radius 2 is 1.78 bits per heavy atom. The van der Waals surface area contributed by atoms with Crippen LogP contribution in [-0.4, -0.2) is 80.2 Å². The van der Waals surface area contributed by atoms with Gasteiger partial charge in [0.1, 0.15) is 5.75 Å². The van der Waals surface area contributed by atoms with Crippen molar-refractivity contribution >= 4 is 32.7 Å². The third kappa shape index (κ3) is 4.77. The number of ether oxygens (including phenoxy) is 1. The van der Waals surface area contributed by atoms with E-state index in [0.29, 0.717) is 36.9 Å². The minimum absolute atomic E-state index is 0.0767. The molecular weight excluding hydrogens is 600 g/mol. The summed E-state index contributed by atoms with van der Waals surface area (Å²) in [6, 6.07) is 12.3. The van der Waals surface area contributed by atoms with Gasteiger partial charge in [0.15, 0.2) is 0 Å². The van der Waals surface area contributed by atoms with Crippen LogP contribution in [0.25, 0.3) is 22.2 Å². The number of methoxy groups -OCH3 is 1. The third-order valence-corrected chi connectivity index (χ3v) is 13.4. The van der Waals surface area contributed by atoms with E-state index in [9.17, 15) is 18.0 Å². The second kappa shape index (κ2) is 10.8. The molecule has 2 aliphatic heterocycles. The average molecular weight is 645 g/mol. The molecule has 2 aromatic carbocycles. The van der Waals surface area contributed by atoms with E-state index in [0.717, 1.165) is 66.7 Å². The van der Waals surface area contributed by atoms with Gasteiger partial charge in [0, 0.05) is 53.6 Å². The van der Waals surface area contributed by atoms with Gasteiger partial charge in [-0.15, -0.1) is 0 Å². The highest BCUT2D eigenvalue weighted by Crippen LogP contribution is 2.66. The minimum Gasteiger partial charge on any atom is -0.497 e. The quantitative estimate of drug-likeness (QED) is 0.378. The Morgan fingerprint density at radius 3 is 2.48 bits per heavy atom. The van der Waals surface area contributed by atoms with Crippen molar-refractivity contribution in [3.8, 4) is 17.0 Å². The number of sulfonamides is 1. The number of carbonyl (C=O) groups excluding carboxylic acids is 2. The molecule has 0 spiro atoms. The van der Waals surface area contributed by atoms with E-state index < -0.39 is 26.6 Å². The van der Waals surface area contributed by atoms with Crippen LogP contribution < -0.4 is 9.46 Å². The number of hydrogen-bond acceptors (Lipinski definition) is 6. The molecule has 3 aromatic rings. The number of rotatable bonds is 7. The smallest absolute Gasteiger partial charge is 0.264 e. The molecule has 9 nitrogen and oxygen atoms in total. The molecular formula is C36H44N4O5S. The number of benzene rings is 2. The number of nitrogens with one attached hydrogen (secondary N) is 1. The topological polar surface area (TPSA) is 101 Å². The summed E-state index contributed by atoms with van der Waals surface area (Å²) in [5.74, 6) is 0.865. The number of likely N-dealkylation sites (N-methyl/N-ethyl adjacent to an activating group) is 1. The Balaban J connectivity index is 1.30. The summed E-state index contributed by atoms with van der Waals surface area (Å²) < 4.78 is 35.7. The first kappa shape index (κ1) is 30.0. The third-order valence-electron chi connectivity index (χ3n) is 11.6. The van der Waals surface area contributed by atoms with Gasteiger partial charge in [0.2, 0.25) is 15.9 Å². The van der Waals surface area contributed by atoms with Gasteiger partial charge in [-0.25, -0.2) is 13.1 Å². The lowest BCUT2D eigenvalue weighted by Gasteiger charge is -2.26. The zero-order chi connectivity index (χ0) is 32.0. The Labute approximate surface area is 271 Å². The van der Waals surface area contributed by atoms with E-state index in [1.165, 1.54) is 30.4 Å². The number of fused-ring (bicyclic) bond motifs is 7. The van der Waals surface area contributed by atoms with Crippen molar-refractivity contribution in [2.45, 2.75) is 87.5 Å². The van der Waals surface area contributed by atoms with E-state index in [4.69, 9.17) is 4.74 Å². The van der Waals surface area contributed by atoms with Crippen molar-refractivity contribution in [2.24, 2.45) is 5.41 Å². The Morgan fingerprint density at radius 1 is 1.00 bits per heavy atom. The molecule has 244 valence electrons. The lowest BCUT2D eigenvalue weighted by Crippen LogP contribution is -2.40. The van der Waals surface area contributed by atoms with E-state index >= 15 is 0 Å². The Kier molecular flexibility index (Phi) is 7.07. The number of carbonyl (C=O) groups is 2. The predicted molar refractivity (Wildman–Crippen MR) is 178 cm³/mol. The highest BCUT2D eigenvalue weighted by Gasteiger charge is 2.64. The van der Waals surface area contributed by atoms with Crippen LogP contribution in [0.5, 0.6) is 5.75 Å². The van der Waals surface area contributed by atoms with Crippen LogP contribution >= 0.6 is 0 Å². The van der Waals surface area contributed by atoms with Gasteiger partial charge in [0.25, 0.3) is 5.91 Å². The molecule has 3 saturated carbocycles. The summed E-state index contributed by atoms with van der Waals surface area (Å²) in [6.45, 7) is 2.02. The zero-order valence-corrected chi connectivity index (χ0v) is 27.9. The number of nitrogens with zero attached hydrogens (tertiary/aromatic N) is 3. The maximum atomic E-state index is 14.6. The summed E-state index contributed by atoms with van der Waals surface area (Å²) in [5.41, 5.74) is 5.41. The average Bonchev–Trinajstić information content (AvgIpc) is 3.96. The minimum atomic E-state index is -3.68. The van der Waals surface area contributed by atoms with Crippen molar-refractivity contribution in [3.05, 3.63) is 53.1 Å². The first-order valence-corrected chi connectivity index (χ1v) is 18.5. The van der Waals surface area contributed by atoms with Gasteiger partial charge in [-0.2, -0.15) is 0 Å². The van der Waals surface area contributed by atoms with Crippen LogP contribution in [0.3, 0.4) is 0 Å². The van der Waals surface area contributed by atoms with E-state index in [-0.39, 0.29) is 11.8 Å². The van der Waals surface area contributed by atoms with E-state index in [1.807, 2.05) is 18.2 Å². The lowest BCUT2D eigenvalue weighted by atomic mass is 9.81. The summed E-state index contributed by atoms with van der Waals surface area (Å²) in [6.07, 6.45) is 8.72. The lowest BCUT2D eigenvalue weighted by molar-refractivity contribution is -0.136. The Bertz CT molecular complexity index is 1860. The van der Waals surface area contributed by atoms with E-state index in [2.05, 4.69) is 45.3 Å². The highest BCUT2D eigenvalue weighted by atomic mass is 32.2. The molecule has 8 rings (SSSR count). The van der Waals surface area contributed by atoms with E-state index in [1.54, 1.807) is 13.2 Å². The molecule has 4 fully saturated rings. The molecule has 1 N–H and O–H groups in total. The van der Waals surface area contributed by atoms with Gasteiger partial charge in [-0.05, 0) is 100.0 Å². The molecule has 0 bridgehead atoms. The molecule has 0 radical (unpaired) electrons. The molecule has 1 unspecified atom stereocenters. The molecule has 10 heteroatoms. The van der Waals surface area contributed by atoms with Crippen molar-refractivity contribution < 1.29 is 22.7 Å². The number of hydrogen-bond donors (Lipinski definition) is 1. The maximum absolute atomic E-state index is 14.6.